The lowest BCUT2D eigenvalue weighted by Crippen LogP contribution is -2.47. The first-order valence-electron chi connectivity index (χ1n) is 7.37. The van der Waals surface area contributed by atoms with Crippen molar-refractivity contribution in [3.05, 3.63) is 30.1 Å². The van der Waals surface area contributed by atoms with Crippen LogP contribution in [0.3, 0.4) is 0 Å². The molecule has 3 amide bonds. The van der Waals surface area contributed by atoms with Crippen molar-refractivity contribution < 1.29 is 14.4 Å². The topological polar surface area (TPSA) is 79.4 Å². The summed E-state index contributed by atoms with van der Waals surface area (Å²) in [5, 5.41) is 0.919. The van der Waals surface area contributed by atoms with Crippen LogP contribution in [0.15, 0.2) is 24.5 Å². The molecule has 2 bridgehead atoms. The molecule has 0 aromatic carbocycles. The molecule has 1 aromatic rings. The Bertz CT molecular complexity index is 666. The molecule has 2 heterocycles. The maximum absolute atomic E-state index is 12.6. The van der Waals surface area contributed by atoms with Crippen molar-refractivity contribution in [1.29, 1.82) is 0 Å². The highest BCUT2D eigenvalue weighted by molar-refractivity contribution is 9.12. The minimum absolute atomic E-state index is 0.133. The Hall–Kier alpha value is -1.28. The van der Waals surface area contributed by atoms with Crippen molar-refractivity contribution in [2.24, 2.45) is 23.7 Å². The average molecular weight is 443 g/mol. The van der Waals surface area contributed by atoms with E-state index in [0.29, 0.717) is 5.56 Å². The van der Waals surface area contributed by atoms with Gasteiger partial charge in [-0.1, -0.05) is 31.9 Å². The molecule has 1 N–H and O–H groups in total. The van der Waals surface area contributed by atoms with Gasteiger partial charge in [0.15, 0.2) is 0 Å². The Balaban J connectivity index is 1.57. The van der Waals surface area contributed by atoms with Gasteiger partial charge in [0.05, 0.1) is 11.8 Å². The number of nitrogens with zero attached hydrogens (tertiary/aromatic N) is 2. The van der Waals surface area contributed by atoms with Crippen LogP contribution in [-0.4, -0.2) is 37.4 Å². The van der Waals surface area contributed by atoms with Gasteiger partial charge in [-0.15, -0.1) is 0 Å². The highest BCUT2D eigenvalue weighted by Crippen LogP contribution is 2.59. The van der Waals surface area contributed by atoms with Crippen LogP contribution in [0.4, 0.5) is 0 Å². The second-order valence-corrected chi connectivity index (χ2v) is 8.31. The van der Waals surface area contributed by atoms with Crippen LogP contribution in [0.5, 0.6) is 0 Å². The number of rotatable bonds is 2. The van der Waals surface area contributed by atoms with Gasteiger partial charge in [0.2, 0.25) is 0 Å². The molecule has 0 unspecified atom stereocenters. The van der Waals surface area contributed by atoms with Gasteiger partial charge >= 0.3 is 0 Å². The van der Waals surface area contributed by atoms with E-state index < -0.39 is 5.91 Å². The van der Waals surface area contributed by atoms with E-state index in [0.717, 1.165) is 11.4 Å². The van der Waals surface area contributed by atoms with E-state index in [1.54, 1.807) is 0 Å². The van der Waals surface area contributed by atoms with Gasteiger partial charge in [-0.25, -0.2) is 0 Å². The lowest BCUT2D eigenvalue weighted by atomic mass is 9.81. The molecule has 2 aliphatic carbocycles. The number of hydrazine groups is 1. The third-order valence-corrected chi connectivity index (χ3v) is 8.35. The fourth-order valence-electron chi connectivity index (χ4n) is 4.13. The molecule has 1 saturated heterocycles. The van der Waals surface area contributed by atoms with Crippen molar-refractivity contribution in [2.45, 2.75) is 16.1 Å². The number of pyridine rings is 1. The standard InChI is InChI=1S/C15H13Br2N3O3/c16-11-7-5-8(12(11)17)10-9(7)14(22)20(15(10)23)19-13(21)6-1-3-18-4-2-6/h1-4,7-12H,5H2,(H,19,21)/t7-,8-,9-,10-,11-,12+/m1/s1. The Morgan fingerprint density at radius 1 is 1.09 bits per heavy atom. The summed E-state index contributed by atoms with van der Waals surface area (Å²) in [7, 11) is 0. The van der Waals surface area contributed by atoms with E-state index in [1.807, 2.05) is 0 Å². The molecule has 1 aliphatic heterocycles. The first-order chi connectivity index (χ1) is 11.0. The minimum Gasteiger partial charge on any atom is -0.272 e. The summed E-state index contributed by atoms with van der Waals surface area (Å²) in [5.41, 5.74) is 2.82. The predicted molar refractivity (Wildman–Crippen MR) is 87.6 cm³/mol. The fourth-order valence-corrected chi connectivity index (χ4v) is 6.00. The molecule has 3 aliphatic rings. The number of carbonyl (C=O) groups excluding carboxylic acids is 3. The van der Waals surface area contributed by atoms with Crippen molar-refractivity contribution in [1.82, 2.24) is 15.4 Å². The van der Waals surface area contributed by atoms with Gasteiger partial charge in [0, 0.05) is 27.6 Å². The molecule has 1 aromatic heterocycles. The van der Waals surface area contributed by atoms with Crippen LogP contribution in [0.25, 0.3) is 0 Å². The number of imide groups is 1. The van der Waals surface area contributed by atoms with Gasteiger partial charge in [-0.3, -0.25) is 24.8 Å². The number of carbonyl (C=O) groups is 3. The van der Waals surface area contributed by atoms with Gasteiger partial charge in [0.25, 0.3) is 17.7 Å². The highest BCUT2D eigenvalue weighted by atomic mass is 79.9. The Kier molecular flexibility index (Phi) is 3.57. The van der Waals surface area contributed by atoms with Crippen molar-refractivity contribution in [2.75, 3.05) is 0 Å². The number of hydrogen-bond donors (Lipinski definition) is 1. The average Bonchev–Trinajstić information content (AvgIpc) is 3.16. The van der Waals surface area contributed by atoms with E-state index in [2.05, 4.69) is 42.3 Å². The zero-order chi connectivity index (χ0) is 16.3. The second kappa shape index (κ2) is 5.37. The summed E-state index contributed by atoms with van der Waals surface area (Å²) in [5.74, 6) is -1.46. The molecule has 0 spiro atoms. The first-order valence-corrected chi connectivity index (χ1v) is 9.21. The Morgan fingerprint density at radius 2 is 1.61 bits per heavy atom. The summed E-state index contributed by atoms with van der Waals surface area (Å²) in [4.78, 5) is 41.7. The maximum Gasteiger partial charge on any atom is 0.270 e. The van der Waals surface area contributed by atoms with Crippen molar-refractivity contribution >= 4 is 49.6 Å². The van der Waals surface area contributed by atoms with E-state index >= 15 is 0 Å². The van der Waals surface area contributed by atoms with Gasteiger partial charge < -0.3 is 0 Å². The molecular formula is C15H13Br2N3O3. The lowest BCUT2D eigenvalue weighted by molar-refractivity contribution is -0.143. The minimum atomic E-state index is -0.479. The molecule has 4 rings (SSSR count). The van der Waals surface area contributed by atoms with Crippen LogP contribution in [0, 0.1) is 23.7 Å². The van der Waals surface area contributed by atoms with Gasteiger partial charge in [-0.05, 0) is 30.4 Å². The molecular weight excluding hydrogens is 430 g/mol. The van der Waals surface area contributed by atoms with E-state index in [-0.39, 0.29) is 45.1 Å². The lowest BCUT2D eigenvalue weighted by Gasteiger charge is -2.28. The number of alkyl halides is 2. The largest absolute Gasteiger partial charge is 0.272 e. The third kappa shape index (κ3) is 2.11. The molecule has 8 heteroatoms. The zero-order valence-corrected chi connectivity index (χ0v) is 15.0. The first kappa shape index (κ1) is 15.3. The SMILES string of the molecule is O=C(NN1C(=O)[C@@H]2[C@H]3C[C@@H]([C@@H](Br)[C@H]3Br)[C@H]2C1=O)c1ccncc1. The summed E-state index contributed by atoms with van der Waals surface area (Å²) >= 11 is 7.26. The van der Waals surface area contributed by atoms with E-state index in [1.165, 1.54) is 24.5 Å². The quantitative estimate of drug-likeness (QED) is 0.556. The zero-order valence-electron chi connectivity index (χ0n) is 11.9. The molecule has 2 saturated carbocycles. The van der Waals surface area contributed by atoms with Crippen LogP contribution >= 0.6 is 31.9 Å². The molecule has 6 nitrogen and oxygen atoms in total. The number of amides is 3. The van der Waals surface area contributed by atoms with Crippen molar-refractivity contribution in [3.63, 3.8) is 0 Å². The van der Waals surface area contributed by atoms with E-state index in [4.69, 9.17) is 0 Å². The monoisotopic (exact) mass is 441 g/mol. The number of fused-ring (bicyclic) bond motifs is 5. The summed E-state index contributed by atoms with van der Waals surface area (Å²) < 4.78 is 0. The fraction of sp³-hybridized carbons (Fsp3) is 0.467. The molecule has 0 radical (unpaired) electrons. The predicted octanol–water partition coefficient (Wildman–Crippen LogP) is 1.50. The molecule has 120 valence electrons. The second-order valence-electron chi connectivity index (χ2n) is 6.19. The van der Waals surface area contributed by atoms with Crippen molar-refractivity contribution in [3.8, 4) is 0 Å². The van der Waals surface area contributed by atoms with Crippen LogP contribution < -0.4 is 5.43 Å². The number of nitrogens with one attached hydrogen (secondary N) is 1. The maximum atomic E-state index is 12.6. The van der Waals surface area contributed by atoms with Crippen LogP contribution in [0.2, 0.25) is 0 Å². The van der Waals surface area contributed by atoms with Gasteiger partial charge in [-0.2, -0.15) is 5.01 Å². The highest BCUT2D eigenvalue weighted by Gasteiger charge is 2.66. The summed E-state index contributed by atoms with van der Waals surface area (Å²) in [6.07, 6.45) is 3.84. The Morgan fingerprint density at radius 3 is 2.13 bits per heavy atom. The summed E-state index contributed by atoms with van der Waals surface area (Å²) in [6, 6.07) is 3.07. The van der Waals surface area contributed by atoms with E-state index in [9.17, 15) is 14.4 Å². The smallest absolute Gasteiger partial charge is 0.270 e. The normalized spacial score (nSPS) is 38.1. The third-order valence-electron chi connectivity index (χ3n) is 5.14. The molecule has 23 heavy (non-hydrogen) atoms. The van der Waals surface area contributed by atoms with Crippen LogP contribution in [0.1, 0.15) is 16.8 Å². The number of hydrogen-bond acceptors (Lipinski definition) is 4. The number of halogens is 2. The van der Waals surface area contributed by atoms with Crippen LogP contribution in [-0.2, 0) is 9.59 Å². The summed E-state index contributed by atoms with van der Waals surface area (Å²) in [6.45, 7) is 0. The molecule has 6 atom stereocenters. The number of aromatic nitrogens is 1. The van der Waals surface area contributed by atoms with Gasteiger partial charge in [0.1, 0.15) is 0 Å². The molecule has 3 fully saturated rings. The Labute approximate surface area is 149 Å².